The lowest BCUT2D eigenvalue weighted by Gasteiger charge is -2.31. The van der Waals surface area contributed by atoms with E-state index in [1.165, 1.54) is 18.4 Å². The maximum atomic E-state index is 12.7. The number of methoxy groups -OCH3 is 3. The van der Waals surface area contributed by atoms with Gasteiger partial charge in [-0.2, -0.15) is 0 Å². The number of amides is 2. The predicted molar refractivity (Wildman–Crippen MR) is 102 cm³/mol. The summed E-state index contributed by atoms with van der Waals surface area (Å²) in [4.78, 5) is 26.4. The summed E-state index contributed by atoms with van der Waals surface area (Å²) in [5.74, 6) is 0.645. The molecule has 3 rings (SSSR count). The Kier molecular flexibility index (Phi) is 6.41. The SMILES string of the molecule is COC(=O)C1=C(C[NH+]2CCCCC2)NC(=O)N[C@H]1c1ccc(OC)c(OC)c1. The van der Waals surface area contributed by atoms with Crippen molar-refractivity contribution in [3.8, 4) is 11.5 Å². The van der Waals surface area contributed by atoms with Gasteiger partial charge in [-0.15, -0.1) is 0 Å². The molecule has 0 aliphatic carbocycles. The summed E-state index contributed by atoms with van der Waals surface area (Å²) in [5, 5.41) is 5.67. The highest BCUT2D eigenvalue weighted by Crippen LogP contribution is 2.34. The molecule has 1 aromatic carbocycles. The van der Waals surface area contributed by atoms with Crippen LogP contribution in [0.25, 0.3) is 0 Å². The molecule has 0 saturated carbocycles. The molecular weight excluding hydrogens is 362 g/mol. The summed E-state index contributed by atoms with van der Waals surface area (Å²) in [6.45, 7) is 2.65. The van der Waals surface area contributed by atoms with Gasteiger partial charge in [-0.3, -0.25) is 0 Å². The van der Waals surface area contributed by atoms with E-state index in [0.717, 1.165) is 31.5 Å². The maximum absolute atomic E-state index is 12.7. The van der Waals surface area contributed by atoms with E-state index in [4.69, 9.17) is 14.2 Å². The third kappa shape index (κ3) is 4.22. The first-order chi connectivity index (χ1) is 13.6. The van der Waals surface area contributed by atoms with E-state index >= 15 is 0 Å². The molecule has 2 aliphatic rings. The highest BCUT2D eigenvalue weighted by Gasteiger charge is 2.35. The lowest BCUT2D eigenvalue weighted by Crippen LogP contribution is -3.13. The van der Waals surface area contributed by atoms with Gasteiger partial charge in [0.2, 0.25) is 0 Å². The molecule has 0 bridgehead atoms. The minimum atomic E-state index is -0.625. The van der Waals surface area contributed by atoms with Crippen molar-refractivity contribution in [2.45, 2.75) is 25.3 Å². The largest absolute Gasteiger partial charge is 0.493 e. The Labute approximate surface area is 164 Å². The predicted octanol–water partition coefficient (Wildman–Crippen LogP) is 0.554. The molecule has 2 amide bonds. The van der Waals surface area contributed by atoms with Crippen LogP contribution in [0.1, 0.15) is 30.9 Å². The Morgan fingerprint density at radius 3 is 2.46 bits per heavy atom. The zero-order valence-corrected chi connectivity index (χ0v) is 16.6. The summed E-state index contributed by atoms with van der Waals surface area (Å²) in [7, 11) is 4.46. The van der Waals surface area contributed by atoms with Gasteiger partial charge in [0.25, 0.3) is 0 Å². The summed E-state index contributed by atoms with van der Waals surface area (Å²) < 4.78 is 15.7. The molecule has 8 heteroatoms. The molecule has 2 heterocycles. The third-order valence-electron chi connectivity index (χ3n) is 5.29. The van der Waals surface area contributed by atoms with Crippen molar-refractivity contribution >= 4 is 12.0 Å². The molecule has 1 aromatic rings. The van der Waals surface area contributed by atoms with Crippen LogP contribution >= 0.6 is 0 Å². The van der Waals surface area contributed by atoms with E-state index in [0.29, 0.717) is 29.3 Å². The van der Waals surface area contributed by atoms with Gasteiger partial charge in [0.05, 0.1) is 51.7 Å². The molecular formula is C20H28N3O5+. The van der Waals surface area contributed by atoms with Crippen LogP contribution in [-0.2, 0) is 9.53 Å². The highest BCUT2D eigenvalue weighted by molar-refractivity contribution is 5.95. The number of nitrogens with one attached hydrogen (secondary N) is 3. The first-order valence-electron chi connectivity index (χ1n) is 9.51. The summed E-state index contributed by atoms with van der Waals surface area (Å²) in [5.41, 5.74) is 1.76. The van der Waals surface area contributed by atoms with Crippen LogP contribution in [-0.4, -0.2) is 53.0 Å². The minimum absolute atomic E-state index is 0.334. The van der Waals surface area contributed by atoms with Gasteiger partial charge in [0.1, 0.15) is 6.54 Å². The molecule has 1 fully saturated rings. The molecule has 3 N–H and O–H groups in total. The van der Waals surface area contributed by atoms with E-state index in [2.05, 4.69) is 10.6 Å². The number of hydrogen-bond acceptors (Lipinski definition) is 5. The molecule has 28 heavy (non-hydrogen) atoms. The van der Waals surface area contributed by atoms with E-state index in [1.807, 2.05) is 6.07 Å². The lowest BCUT2D eigenvalue weighted by molar-refractivity contribution is -0.900. The number of ether oxygens (including phenoxy) is 3. The van der Waals surface area contributed by atoms with Crippen molar-refractivity contribution in [1.82, 2.24) is 10.6 Å². The molecule has 1 atom stereocenters. The quantitative estimate of drug-likeness (QED) is 0.618. The number of quaternary nitrogens is 1. The average molecular weight is 390 g/mol. The second-order valence-corrected chi connectivity index (χ2v) is 7.02. The molecule has 152 valence electrons. The van der Waals surface area contributed by atoms with Crippen LogP contribution in [0.2, 0.25) is 0 Å². The lowest BCUT2D eigenvalue weighted by atomic mass is 9.94. The Balaban J connectivity index is 2.00. The number of benzene rings is 1. The van der Waals surface area contributed by atoms with E-state index in [9.17, 15) is 9.59 Å². The van der Waals surface area contributed by atoms with E-state index < -0.39 is 12.0 Å². The zero-order valence-electron chi connectivity index (χ0n) is 16.6. The maximum Gasteiger partial charge on any atom is 0.338 e. The van der Waals surface area contributed by atoms with Crippen LogP contribution in [0.15, 0.2) is 29.5 Å². The van der Waals surface area contributed by atoms with Crippen LogP contribution in [0.4, 0.5) is 4.79 Å². The fourth-order valence-electron chi connectivity index (χ4n) is 3.87. The number of carbonyl (C=O) groups excluding carboxylic acids is 2. The fraction of sp³-hybridized carbons (Fsp3) is 0.500. The van der Waals surface area contributed by atoms with E-state index in [1.54, 1.807) is 26.4 Å². The standard InChI is InChI=1S/C20H27N3O5/c1-26-15-8-7-13(11-16(15)27-2)18-17(19(24)28-3)14(21-20(25)22-18)12-23-9-5-4-6-10-23/h7-8,11,18H,4-6,9-10,12H2,1-3H3,(H2,21,22,25)/p+1/t18-/m0/s1. The third-order valence-corrected chi connectivity index (χ3v) is 5.29. The van der Waals surface area contributed by atoms with Gasteiger partial charge >= 0.3 is 12.0 Å². The molecule has 2 aliphatic heterocycles. The van der Waals surface area contributed by atoms with Gasteiger partial charge in [0, 0.05) is 0 Å². The van der Waals surface area contributed by atoms with Crippen LogP contribution < -0.4 is 25.0 Å². The van der Waals surface area contributed by atoms with Crippen LogP contribution in [0.3, 0.4) is 0 Å². The average Bonchev–Trinajstić information content (AvgIpc) is 2.73. The van der Waals surface area contributed by atoms with Gasteiger partial charge in [-0.25, -0.2) is 9.59 Å². The second kappa shape index (κ2) is 8.97. The van der Waals surface area contributed by atoms with Crippen molar-refractivity contribution in [2.24, 2.45) is 0 Å². The van der Waals surface area contributed by atoms with Crippen molar-refractivity contribution in [1.29, 1.82) is 0 Å². The smallest absolute Gasteiger partial charge is 0.338 e. The summed E-state index contributed by atoms with van der Waals surface area (Å²) in [6, 6.07) is 4.38. The Bertz CT molecular complexity index is 771. The molecule has 0 unspecified atom stereocenters. The number of carbonyl (C=O) groups is 2. The topological polar surface area (TPSA) is 90.3 Å². The Hall–Kier alpha value is -2.74. The zero-order chi connectivity index (χ0) is 20.1. The first-order valence-corrected chi connectivity index (χ1v) is 9.51. The molecule has 0 aromatic heterocycles. The summed E-state index contributed by atoms with van der Waals surface area (Å²) in [6.07, 6.45) is 3.54. The van der Waals surface area contributed by atoms with Crippen molar-refractivity contribution in [3.63, 3.8) is 0 Å². The van der Waals surface area contributed by atoms with E-state index in [-0.39, 0.29) is 6.03 Å². The fourth-order valence-corrected chi connectivity index (χ4v) is 3.87. The van der Waals surface area contributed by atoms with Crippen LogP contribution in [0.5, 0.6) is 11.5 Å². The monoisotopic (exact) mass is 390 g/mol. The van der Waals surface area contributed by atoms with Crippen molar-refractivity contribution < 1.29 is 28.7 Å². The number of piperidine rings is 1. The molecule has 8 nitrogen and oxygen atoms in total. The number of esters is 1. The molecule has 0 radical (unpaired) electrons. The number of urea groups is 1. The minimum Gasteiger partial charge on any atom is -0.493 e. The van der Waals surface area contributed by atoms with Crippen LogP contribution in [0, 0.1) is 0 Å². The first kappa shape index (κ1) is 20.0. The highest BCUT2D eigenvalue weighted by atomic mass is 16.5. The normalized spacial score (nSPS) is 20.2. The van der Waals surface area contributed by atoms with Gasteiger partial charge in [-0.05, 0) is 37.0 Å². The second-order valence-electron chi connectivity index (χ2n) is 7.02. The Morgan fingerprint density at radius 2 is 1.82 bits per heavy atom. The Morgan fingerprint density at radius 1 is 1.11 bits per heavy atom. The van der Waals surface area contributed by atoms with Gasteiger partial charge in [-0.1, -0.05) is 6.07 Å². The van der Waals surface area contributed by atoms with Crippen molar-refractivity contribution in [3.05, 3.63) is 35.0 Å². The number of rotatable bonds is 6. The molecule has 0 spiro atoms. The molecule has 1 saturated heterocycles. The van der Waals surface area contributed by atoms with Crippen molar-refractivity contribution in [2.75, 3.05) is 41.0 Å². The number of likely N-dealkylation sites (tertiary alicyclic amines) is 1. The van der Waals surface area contributed by atoms with Gasteiger partial charge in [0.15, 0.2) is 11.5 Å². The number of hydrogen-bond donors (Lipinski definition) is 3. The summed E-state index contributed by atoms with van der Waals surface area (Å²) >= 11 is 0. The van der Waals surface area contributed by atoms with Gasteiger partial charge < -0.3 is 29.7 Å².